The Labute approximate surface area is 294 Å². The van der Waals surface area contributed by atoms with Gasteiger partial charge in [-0.25, -0.2) is 9.80 Å². The van der Waals surface area contributed by atoms with Crippen molar-refractivity contribution in [2.75, 3.05) is 11.6 Å². The highest BCUT2D eigenvalue weighted by atomic mass is 16.5. The van der Waals surface area contributed by atoms with E-state index >= 15 is 0 Å². The Balaban J connectivity index is 1.65. The third-order valence-corrected chi connectivity index (χ3v) is 8.39. The maximum absolute atomic E-state index is 14.3. The van der Waals surface area contributed by atoms with Crippen molar-refractivity contribution in [1.82, 2.24) is 20.7 Å². The van der Waals surface area contributed by atoms with Crippen molar-refractivity contribution < 1.29 is 29.0 Å². The summed E-state index contributed by atoms with van der Waals surface area (Å²) in [6.45, 7) is 9.27. The molecule has 5 N–H and O–H groups in total. The number of nitrogens with zero attached hydrogens (tertiary/aromatic N) is 3. The molecule has 1 aliphatic heterocycles. The predicted octanol–water partition coefficient (Wildman–Crippen LogP) is 4.78. The smallest absolute Gasteiger partial charge is 0.408 e. The first-order valence-electron chi connectivity index (χ1n) is 17.1. The number of carbonyl (C=O) groups is 4. The molecule has 50 heavy (non-hydrogen) atoms. The van der Waals surface area contributed by atoms with Crippen molar-refractivity contribution >= 4 is 40.3 Å². The van der Waals surface area contributed by atoms with Crippen LogP contribution in [0.25, 0.3) is 10.8 Å². The molecule has 12 nitrogen and oxygen atoms in total. The molecular weight excluding hydrogens is 636 g/mol. The Kier molecular flexibility index (Phi) is 13.4. The van der Waals surface area contributed by atoms with Crippen molar-refractivity contribution in [3.05, 3.63) is 90.3 Å². The zero-order valence-electron chi connectivity index (χ0n) is 29.5. The third-order valence-electron chi connectivity index (χ3n) is 8.39. The minimum absolute atomic E-state index is 0.0199. The van der Waals surface area contributed by atoms with Gasteiger partial charge in [0.25, 0.3) is 5.91 Å². The molecule has 0 radical (unpaired) electrons. The van der Waals surface area contributed by atoms with E-state index in [1.165, 1.54) is 9.91 Å². The van der Waals surface area contributed by atoms with Gasteiger partial charge in [-0.05, 0) is 56.5 Å². The van der Waals surface area contributed by atoms with Crippen molar-refractivity contribution in [3.63, 3.8) is 0 Å². The highest BCUT2D eigenvalue weighted by Gasteiger charge is 2.35. The van der Waals surface area contributed by atoms with Crippen LogP contribution in [0.3, 0.4) is 0 Å². The second-order valence-electron chi connectivity index (χ2n) is 13.4. The van der Waals surface area contributed by atoms with Crippen LogP contribution < -0.4 is 21.4 Å². The summed E-state index contributed by atoms with van der Waals surface area (Å²) in [5.74, 6) is -1.07. The number of amides is 4. The van der Waals surface area contributed by atoms with Gasteiger partial charge in [0.15, 0.2) is 0 Å². The molecule has 0 fully saturated rings. The van der Waals surface area contributed by atoms with Crippen LogP contribution in [0.1, 0.15) is 65.9 Å². The monoisotopic (exact) mass is 686 g/mol. The standard InChI is InChI=1S/C38H50N6O6/c1-25(2)18-19-31(45)21-35(46)41-44(26(3)4)37(48)33(40-38(49)50-23-28-12-7-6-8-13-28)20-30-22-42(36(47)27(5)39)24-43(30)34-17-11-15-29-14-9-10-16-32(29)34/h6-17,22,25-27,31,33,45H,18-21,23-24,39H2,1-5H3,(H,40,49)(H,41,46)/t27-,31-,33-/m0/s1. The molecule has 12 heteroatoms. The number of rotatable bonds is 14. The number of aliphatic hydroxyl groups excluding tert-OH is 1. The lowest BCUT2D eigenvalue weighted by Gasteiger charge is -2.32. The summed E-state index contributed by atoms with van der Waals surface area (Å²) in [7, 11) is 0. The summed E-state index contributed by atoms with van der Waals surface area (Å²) < 4.78 is 5.50. The number of nitrogens with two attached hydrogens (primary N) is 1. The van der Waals surface area contributed by atoms with Crippen molar-refractivity contribution in [2.24, 2.45) is 11.7 Å². The molecule has 1 heterocycles. The maximum atomic E-state index is 14.3. The van der Waals surface area contributed by atoms with Gasteiger partial charge in [-0.15, -0.1) is 0 Å². The first kappa shape index (κ1) is 37.9. The van der Waals surface area contributed by atoms with Gasteiger partial charge in [-0.1, -0.05) is 80.6 Å². The maximum Gasteiger partial charge on any atom is 0.408 e. The Morgan fingerprint density at radius 2 is 1.60 bits per heavy atom. The largest absolute Gasteiger partial charge is 0.445 e. The number of carbonyl (C=O) groups excluding carboxylic acids is 4. The van der Waals surface area contributed by atoms with E-state index in [1.54, 1.807) is 27.0 Å². The quantitative estimate of drug-likeness (QED) is 0.177. The fraction of sp³-hybridized carbons (Fsp3) is 0.421. The number of alkyl carbamates (subject to hydrolysis) is 1. The Bertz CT molecular complexity index is 1650. The molecule has 3 atom stereocenters. The molecule has 0 aliphatic carbocycles. The lowest BCUT2D eigenvalue weighted by atomic mass is 10.0. The van der Waals surface area contributed by atoms with Crippen LogP contribution in [0.15, 0.2) is 84.7 Å². The molecular formula is C38H50N6O6. The first-order valence-corrected chi connectivity index (χ1v) is 17.1. The lowest BCUT2D eigenvalue weighted by molar-refractivity contribution is -0.146. The second-order valence-corrected chi connectivity index (χ2v) is 13.4. The zero-order chi connectivity index (χ0) is 36.4. The highest BCUT2D eigenvalue weighted by Crippen LogP contribution is 2.34. The van der Waals surface area contributed by atoms with Gasteiger partial charge in [0, 0.05) is 29.7 Å². The fourth-order valence-electron chi connectivity index (χ4n) is 5.71. The van der Waals surface area contributed by atoms with Crippen LogP contribution in [0.5, 0.6) is 0 Å². The SMILES string of the molecule is CC(C)CC[C@H](O)CC(=O)NN(C(=O)[C@H](CC1=CN(C(=O)[C@H](C)N)CN1c1cccc2ccccc12)NC(=O)OCc1ccccc1)C(C)C. The molecule has 0 spiro atoms. The molecule has 0 bridgehead atoms. The van der Waals surface area contributed by atoms with E-state index < -0.39 is 42.1 Å². The van der Waals surface area contributed by atoms with E-state index in [-0.39, 0.29) is 32.0 Å². The van der Waals surface area contributed by atoms with Crippen LogP contribution in [0.2, 0.25) is 0 Å². The minimum Gasteiger partial charge on any atom is -0.445 e. The lowest BCUT2D eigenvalue weighted by Crippen LogP contribution is -2.57. The Morgan fingerprint density at radius 1 is 0.920 bits per heavy atom. The molecule has 3 aromatic rings. The summed E-state index contributed by atoms with van der Waals surface area (Å²) in [6.07, 6.45) is 0.917. The van der Waals surface area contributed by atoms with Gasteiger partial charge in [0.1, 0.15) is 19.3 Å². The Morgan fingerprint density at radius 3 is 2.28 bits per heavy atom. The average molecular weight is 687 g/mol. The third kappa shape index (κ3) is 10.3. The topological polar surface area (TPSA) is 158 Å². The number of benzene rings is 3. The first-order chi connectivity index (χ1) is 23.8. The van der Waals surface area contributed by atoms with E-state index in [0.717, 1.165) is 28.4 Å². The van der Waals surface area contributed by atoms with Crippen molar-refractivity contribution in [3.8, 4) is 0 Å². The molecule has 4 amide bonds. The van der Waals surface area contributed by atoms with Gasteiger partial charge in [0.05, 0.1) is 24.3 Å². The summed E-state index contributed by atoms with van der Waals surface area (Å²) >= 11 is 0. The van der Waals surface area contributed by atoms with Crippen molar-refractivity contribution in [2.45, 2.75) is 91.1 Å². The molecule has 4 rings (SSSR count). The number of nitrogens with one attached hydrogen (secondary N) is 2. The van der Waals surface area contributed by atoms with Crippen LogP contribution in [0.4, 0.5) is 10.5 Å². The fourth-order valence-corrected chi connectivity index (χ4v) is 5.71. The van der Waals surface area contributed by atoms with Crippen LogP contribution in [0, 0.1) is 5.92 Å². The summed E-state index contributed by atoms with van der Waals surface area (Å²) in [5, 5.41) is 16.3. The van der Waals surface area contributed by atoms with Gasteiger partial charge in [0.2, 0.25) is 11.8 Å². The minimum atomic E-state index is -1.22. The highest BCUT2D eigenvalue weighted by molar-refractivity contribution is 5.96. The van der Waals surface area contributed by atoms with Gasteiger partial charge >= 0.3 is 6.09 Å². The number of anilines is 1. The van der Waals surface area contributed by atoms with Crippen LogP contribution in [-0.2, 0) is 25.7 Å². The molecule has 0 saturated carbocycles. The summed E-state index contributed by atoms with van der Waals surface area (Å²) in [5.41, 5.74) is 10.8. The van der Waals surface area contributed by atoms with Crippen LogP contribution in [-0.4, -0.2) is 69.7 Å². The number of hydrogen-bond donors (Lipinski definition) is 4. The molecule has 0 aromatic heterocycles. The summed E-state index contributed by atoms with van der Waals surface area (Å²) in [4.78, 5) is 57.2. The van der Waals surface area contributed by atoms with E-state index in [4.69, 9.17) is 10.5 Å². The molecule has 268 valence electrons. The van der Waals surface area contributed by atoms with Crippen molar-refractivity contribution in [1.29, 1.82) is 0 Å². The van der Waals surface area contributed by atoms with Gasteiger partial charge in [-0.2, -0.15) is 0 Å². The van der Waals surface area contributed by atoms with Gasteiger partial charge in [-0.3, -0.25) is 24.7 Å². The average Bonchev–Trinajstić information content (AvgIpc) is 3.51. The molecule has 0 unspecified atom stereocenters. The second kappa shape index (κ2) is 17.6. The number of fused-ring (bicyclic) bond motifs is 1. The van der Waals surface area contributed by atoms with E-state index in [0.29, 0.717) is 18.0 Å². The zero-order valence-corrected chi connectivity index (χ0v) is 29.5. The number of hydrogen-bond acceptors (Lipinski definition) is 8. The van der Waals surface area contributed by atoms with Gasteiger partial charge < -0.3 is 25.8 Å². The number of aliphatic hydroxyl groups is 1. The normalized spacial score (nSPS) is 14.7. The van der Waals surface area contributed by atoms with E-state index in [9.17, 15) is 24.3 Å². The number of ether oxygens (including phenoxy) is 1. The Hall–Kier alpha value is -4.94. The molecule has 1 aliphatic rings. The van der Waals surface area contributed by atoms with E-state index in [1.807, 2.05) is 91.5 Å². The molecule has 3 aromatic carbocycles. The summed E-state index contributed by atoms with van der Waals surface area (Å²) in [6, 6.07) is 20.3. The van der Waals surface area contributed by atoms with E-state index in [2.05, 4.69) is 10.7 Å². The number of hydrazine groups is 1. The molecule has 0 saturated heterocycles. The predicted molar refractivity (Wildman–Crippen MR) is 193 cm³/mol. The van der Waals surface area contributed by atoms with Crippen LogP contribution >= 0.6 is 0 Å².